The number of hydrogen-bond donors (Lipinski definition) is 1. The van der Waals surface area contributed by atoms with Crippen LogP contribution in [0.4, 0.5) is 5.69 Å². The number of anilines is 1. The van der Waals surface area contributed by atoms with Gasteiger partial charge in [-0.1, -0.05) is 5.16 Å². The molecule has 5 heteroatoms. The number of carbonyl (C=O) groups excluding carboxylic acids is 1. The number of nitrogens with one attached hydrogen (secondary N) is 1. The van der Waals surface area contributed by atoms with E-state index in [9.17, 15) is 4.79 Å². The summed E-state index contributed by atoms with van der Waals surface area (Å²) in [6.45, 7) is 3.66. The van der Waals surface area contributed by atoms with Crippen LogP contribution in [-0.4, -0.2) is 17.3 Å². The molecule has 19 heavy (non-hydrogen) atoms. The minimum Gasteiger partial charge on any atom is -0.361 e. The number of benzene rings is 1. The Morgan fingerprint density at radius 1 is 1.32 bits per heavy atom. The molecule has 1 aromatic heterocycles. The molecule has 0 bridgehead atoms. The first-order chi connectivity index (χ1) is 9.10. The van der Waals surface area contributed by atoms with Crippen molar-refractivity contribution < 1.29 is 9.32 Å². The van der Waals surface area contributed by atoms with E-state index in [0.29, 0.717) is 5.76 Å². The lowest BCUT2D eigenvalue weighted by Gasteiger charge is -2.05. The minimum atomic E-state index is -0.0636. The van der Waals surface area contributed by atoms with Gasteiger partial charge in [-0.2, -0.15) is 0 Å². The van der Waals surface area contributed by atoms with Crippen LogP contribution in [0.25, 0.3) is 0 Å². The standard InChI is InChI=1S/C14H16N2O2S/c1-9-13(10(2)18-16-9)8-14(17)15-11-4-6-12(19-3)7-5-11/h4-7H,8H2,1-3H3,(H,15,17). The Balaban J connectivity index is 2.01. The number of thioether (sulfide) groups is 1. The van der Waals surface area contributed by atoms with Crippen molar-refractivity contribution in [2.24, 2.45) is 0 Å². The van der Waals surface area contributed by atoms with Gasteiger partial charge in [-0.25, -0.2) is 0 Å². The fourth-order valence-corrected chi connectivity index (χ4v) is 2.20. The topological polar surface area (TPSA) is 55.1 Å². The van der Waals surface area contributed by atoms with Crippen LogP contribution in [0.3, 0.4) is 0 Å². The van der Waals surface area contributed by atoms with E-state index in [4.69, 9.17) is 4.52 Å². The second-order valence-corrected chi connectivity index (χ2v) is 5.14. The molecular formula is C14H16N2O2S. The van der Waals surface area contributed by atoms with Crippen LogP contribution in [0, 0.1) is 13.8 Å². The van der Waals surface area contributed by atoms with Crippen molar-refractivity contribution in [1.82, 2.24) is 5.16 Å². The first kappa shape index (κ1) is 13.7. The van der Waals surface area contributed by atoms with Gasteiger partial charge < -0.3 is 9.84 Å². The Kier molecular flexibility index (Phi) is 4.27. The van der Waals surface area contributed by atoms with Gasteiger partial charge in [0.05, 0.1) is 12.1 Å². The van der Waals surface area contributed by atoms with E-state index in [1.165, 1.54) is 4.90 Å². The molecule has 0 fully saturated rings. The van der Waals surface area contributed by atoms with Crippen molar-refractivity contribution in [3.63, 3.8) is 0 Å². The highest BCUT2D eigenvalue weighted by molar-refractivity contribution is 7.98. The summed E-state index contributed by atoms with van der Waals surface area (Å²) < 4.78 is 5.04. The zero-order chi connectivity index (χ0) is 13.8. The summed E-state index contributed by atoms with van der Waals surface area (Å²) in [7, 11) is 0. The molecule has 1 amide bonds. The highest BCUT2D eigenvalue weighted by Crippen LogP contribution is 2.18. The minimum absolute atomic E-state index is 0.0636. The molecule has 1 heterocycles. The molecule has 0 aliphatic heterocycles. The lowest BCUT2D eigenvalue weighted by Crippen LogP contribution is -2.15. The lowest BCUT2D eigenvalue weighted by molar-refractivity contribution is -0.115. The predicted molar refractivity (Wildman–Crippen MR) is 76.5 cm³/mol. The van der Waals surface area contributed by atoms with Crippen LogP contribution in [0.5, 0.6) is 0 Å². The van der Waals surface area contributed by atoms with Gasteiger partial charge in [0.2, 0.25) is 5.91 Å². The van der Waals surface area contributed by atoms with Gasteiger partial charge in [0.25, 0.3) is 0 Å². The first-order valence-electron chi connectivity index (χ1n) is 5.96. The van der Waals surface area contributed by atoms with Crippen molar-refractivity contribution >= 4 is 23.4 Å². The monoisotopic (exact) mass is 276 g/mol. The zero-order valence-corrected chi connectivity index (χ0v) is 12.0. The molecule has 0 spiro atoms. The van der Waals surface area contributed by atoms with E-state index in [1.807, 2.05) is 44.4 Å². The third kappa shape index (κ3) is 3.38. The van der Waals surface area contributed by atoms with Gasteiger partial charge in [0.1, 0.15) is 5.76 Å². The van der Waals surface area contributed by atoms with E-state index in [1.54, 1.807) is 11.8 Å². The molecule has 4 nitrogen and oxygen atoms in total. The summed E-state index contributed by atoms with van der Waals surface area (Å²) >= 11 is 1.67. The van der Waals surface area contributed by atoms with E-state index in [-0.39, 0.29) is 12.3 Å². The molecule has 0 aliphatic rings. The lowest BCUT2D eigenvalue weighted by atomic mass is 10.1. The average Bonchev–Trinajstić information content (AvgIpc) is 2.71. The average molecular weight is 276 g/mol. The Hall–Kier alpha value is -1.75. The smallest absolute Gasteiger partial charge is 0.228 e. The quantitative estimate of drug-likeness (QED) is 0.871. The van der Waals surface area contributed by atoms with Crippen LogP contribution >= 0.6 is 11.8 Å². The second-order valence-electron chi connectivity index (χ2n) is 4.26. The highest BCUT2D eigenvalue weighted by atomic mass is 32.2. The Morgan fingerprint density at radius 2 is 2.00 bits per heavy atom. The van der Waals surface area contributed by atoms with Crippen LogP contribution in [0.15, 0.2) is 33.7 Å². The first-order valence-corrected chi connectivity index (χ1v) is 7.18. The predicted octanol–water partition coefficient (Wildman–Crippen LogP) is 3.19. The molecule has 0 atom stereocenters. The van der Waals surface area contributed by atoms with E-state index >= 15 is 0 Å². The van der Waals surface area contributed by atoms with Gasteiger partial charge in [-0.15, -0.1) is 11.8 Å². The fourth-order valence-electron chi connectivity index (χ4n) is 1.79. The highest BCUT2D eigenvalue weighted by Gasteiger charge is 2.13. The third-order valence-corrected chi connectivity index (χ3v) is 3.64. The van der Waals surface area contributed by atoms with Crippen molar-refractivity contribution in [2.45, 2.75) is 25.2 Å². The van der Waals surface area contributed by atoms with E-state index in [0.717, 1.165) is 16.9 Å². The summed E-state index contributed by atoms with van der Waals surface area (Å²) in [5.74, 6) is 0.636. The Bertz CT molecular complexity index is 556. The second kappa shape index (κ2) is 5.93. The number of amides is 1. The molecule has 0 saturated heterocycles. The van der Waals surface area contributed by atoms with Crippen LogP contribution in [-0.2, 0) is 11.2 Å². The van der Waals surface area contributed by atoms with Crippen molar-refractivity contribution in [3.8, 4) is 0 Å². The zero-order valence-electron chi connectivity index (χ0n) is 11.2. The van der Waals surface area contributed by atoms with Crippen molar-refractivity contribution in [3.05, 3.63) is 41.3 Å². The molecule has 0 radical (unpaired) electrons. The summed E-state index contributed by atoms with van der Waals surface area (Å²) in [6.07, 6.45) is 2.30. The normalized spacial score (nSPS) is 10.5. The molecule has 1 N–H and O–H groups in total. The maximum atomic E-state index is 12.0. The van der Waals surface area contributed by atoms with Crippen molar-refractivity contribution in [1.29, 1.82) is 0 Å². The number of rotatable bonds is 4. The van der Waals surface area contributed by atoms with Crippen LogP contribution < -0.4 is 5.32 Å². The Morgan fingerprint density at radius 3 is 2.53 bits per heavy atom. The summed E-state index contributed by atoms with van der Waals surface area (Å²) in [5, 5.41) is 6.71. The van der Waals surface area contributed by atoms with Gasteiger partial charge in [0.15, 0.2) is 0 Å². The van der Waals surface area contributed by atoms with Crippen LogP contribution in [0.2, 0.25) is 0 Å². The van der Waals surface area contributed by atoms with E-state index < -0.39 is 0 Å². The van der Waals surface area contributed by atoms with E-state index in [2.05, 4.69) is 10.5 Å². The van der Waals surface area contributed by atoms with Crippen LogP contribution in [0.1, 0.15) is 17.0 Å². The molecule has 0 saturated carbocycles. The van der Waals surface area contributed by atoms with Gasteiger partial charge in [-0.3, -0.25) is 4.79 Å². The van der Waals surface area contributed by atoms with Gasteiger partial charge in [-0.05, 0) is 44.4 Å². The summed E-state index contributed by atoms with van der Waals surface area (Å²) in [6, 6.07) is 7.76. The number of aryl methyl sites for hydroxylation is 2. The molecule has 0 aliphatic carbocycles. The SMILES string of the molecule is CSc1ccc(NC(=O)Cc2c(C)noc2C)cc1. The maximum Gasteiger partial charge on any atom is 0.228 e. The molecule has 2 aromatic rings. The number of nitrogens with zero attached hydrogens (tertiary/aromatic N) is 1. The number of hydrogen-bond acceptors (Lipinski definition) is 4. The Labute approximate surface area is 116 Å². The molecule has 1 aromatic carbocycles. The molecule has 2 rings (SSSR count). The van der Waals surface area contributed by atoms with Gasteiger partial charge >= 0.3 is 0 Å². The summed E-state index contributed by atoms with van der Waals surface area (Å²) in [5.41, 5.74) is 2.43. The number of carbonyl (C=O) groups is 1. The number of aromatic nitrogens is 1. The molecular weight excluding hydrogens is 260 g/mol. The molecule has 100 valence electrons. The largest absolute Gasteiger partial charge is 0.361 e. The van der Waals surface area contributed by atoms with Gasteiger partial charge in [0, 0.05) is 16.1 Å². The molecule has 0 unspecified atom stereocenters. The fraction of sp³-hybridized carbons (Fsp3) is 0.286. The van der Waals surface area contributed by atoms with Crippen molar-refractivity contribution in [2.75, 3.05) is 11.6 Å². The summed E-state index contributed by atoms with van der Waals surface area (Å²) in [4.78, 5) is 13.1. The third-order valence-electron chi connectivity index (χ3n) is 2.89. The maximum absolute atomic E-state index is 12.0.